The van der Waals surface area contributed by atoms with Gasteiger partial charge in [-0.1, -0.05) is 23.7 Å². The highest BCUT2D eigenvalue weighted by molar-refractivity contribution is 6.30. The van der Waals surface area contributed by atoms with Crippen molar-refractivity contribution in [1.82, 2.24) is 15.3 Å². The first-order chi connectivity index (χ1) is 10.6. The summed E-state index contributed by atoms with van der Waals surface area (Å²) in [4.78, 5) is 11.8. The average Bonchev–Trinajstić information content (AvgIpc) is 2.79. The lowest BCUT2D eigenvalue weighted by molar-refractivity contribution is 0.724. The van der Waals surface area contributed by atoms with E-state index in [1.54, 1.807) is 0 Å². The van der Waals surface area contributed by atoms with Crippen LogP contribution in [0.3, 0.4) is 0 Å². The van der Waals surface area contributed by atoms with Gasteiger partial charge in [-0.3, -0.25) is 0 Å². The molecule has 0 saturated carbocycles. The second kappa shape index (κ2) is 6.63. The molecule has 1 aliphatic rings. The molecule has 1 aliphatic heterocycles. The summed E-state index contributed by atoms with van der Waals surface area (Å²) >= 11 is 6.10. The zero-order valence-corrected chi connectivity index (χ0v) is 13.8. The lowest BCUT2D eigenvalue weighted by Gasteiger charge is -2.24. The standard InChI is InChI=1S/C17H21ClN4/c1-12-13(2)20-16(14-5-3-6-15(18)11-14)21-17(12)22-9-4-7-19-8-10-22/h3,5-6,11,19H,4,7-10H2,1-2H3. The number of hydrogen-bond acceptors (Lipinski definition) is 4. The predicted octanol–water partition coefficient (Wildman–Crippen LogP) is 3.21. The Morgan fingerprint density at radius 2 is 2.00 bits per heavy atom. The molecule has 3 rings (SSSR count). The van der Waals surface area contributed by atoms with Crippen LogP contribution < -0.4 is 10.2 Å². The molecule has 0 amide bonds. The highest BCUT2D eigenvalue weighted by Crippen LogP contribution is 2.26. The summed E-state index contributed by atoms with van der Waals surface area (Å²) in [7, 11) is 0. The highest BCUT2D eigenvalue weighted by atomic mass is 35.5. The molecular weight excluding hydrogens is 296 g/mol. The van der Waals surface area contributed by atoms with Crippen molar-refractivity contribution in [3.8, 4) is 11.4 Å². The highest BCUT2D eigenvalue weighted by Gasteiger charge is 2.17. The molecule has 5 heteroatoms. The first-order valence-electron chi connectivity index (χ1n) is 7.72. The van der Waals surface area contributed by atoms with E-state index in [1.807, 2.05) is 31.2 Å². The smallest absolute Gasteiger partial charge is 0.161 e. The zero-order chi connectivity index (χ0) is 15.5. The van der Waals surface area contributed by atoms with Gasteiger partial charge in [0.25, 0.3) is 0 Å². The Morgan fingerprint density at radius 3 is 2.82 bits per heavy atom. The van der Waals surface area contributed by atoms with Crippen molar-refractivity contribution in [2.75, 3.05) is 31.1 Å². The van der Waals surface area contributed by atoms with Gasteiger partial charge in [0.1, 0.15) is 5.82 Å². The molecule has 4 nitrogen and oxygen atoms in total. The predicted molar refractivity (Wildman–Crippen MR) is 91.7 cm³/mol. The SMILES string of the molecule is Cc1nc(-c2cccc(Cl)c2)nc(N2CCCNCC2)c1C. The Balaban J connectivity index is 2.03. The minimum Gasteiger partial charge on any atom is -0.355 e. The molecule has 22 heavy (non-hydrogen) atoms. The van der Waals surface area contributed by atoms with Gasteiger partial charge in [-0.2, -0.15) is 0 Å². The quantitative estimate of drug-likeness (QED) is 0.923. The van der Waals surface area contributed by atoms with Crippen molar-refractivity contribution in [2.24, 2.45) is 0 Å². The lowest BCUT2D eigenvalue weighted by atomic mass is 10.1. The van der Waals surface area contributed by atoms with Crippen molar-refractivity contribution < 1.29 is 0 Å². The number of nitrogens with one attached hydrogen (secondary N) is 1. The van der Waals surface area contributed by atoms with Crippen LogP contribution in [0, 0.1) is 13.8 Å². The number of benzene rings is 1. The first kappa shape index (κ1) is 15.3. The fourth-order valence-electron chi connectivity index (χ4n) is 2.74. The number of aryl methyl sites for hydroxylation is 1. The van der Waals surface area contributed by atoms with Gasteiger partial charge in [-0.25, -0.2) is 9.97 Å². The summed E-state index contributed by atoms with van der Waals surface area (Å²) < 4.78 is 0. The number of halogens is 1. The summed E-state index contributed by atoms with van der Waals surface area (Å²) in [5.41, 5.74) is 3.15. The van der Waals surface area contributed by atoms with Crippen molar-refractivity contribution >= 4 is 17.4 Å². The van der Waals surface area contributed by atoms with Crippen LogP contribution in [0.25, 0.3) is 11.4 Å². The van der Waals surface area contributed by atoms with Crippen molar-refractivity contribution in [3.05, 3.63) is 40.5 Å². The molecule has 2 aromatic rings. The number of aromatic nitrogens is 2. The number of anilines is 1. The Bertz CT molecular complexity index is 664. The molecule has 1 aromatic carbocycles. The van der Waals surface area contributed by atoms with E-state index >= 15 is 0 Å². The van der Waals surface area contributed by atoms with Crippen LogP contribution in [0.4, 0.5) is 5.82 Å². The van der Waals surface area contributed by atoms with Gasteiger partial charge in [0.2, 0.25) is 0 Å². The van der Waals surface area contributed by atoms with E-state index in [4.69, 9.17) is 16.6 Å². The molecule has 0 radical (unpaired) electrons. The molecule has 116 valence electrons. The van der Waals surface area contributed by atoms with Crippen LogP contribution in [0.15, 0.2) is 24.3 Å². The van der Waals surface area contributed by atoms with E-state index < -0.39 is 0 Å². The lowest BCUT2D eigenvalue weighted by Crippen LogP contribution is -2.29. The maximum absolute atomic E-state index is 6.10. The molecule has 0 aliphatic carbocycles. The minimum absolute atomic E-state index is 0.708. The number of rotatable bonds is 2. The largest absolute Gasteiger partial charge is 0.355 e. The molecule has 1 fully saturated rings. The van der Waals surface area contributed by atoms with Gasteiger partial charge in [-0.15, -0.1) is 0 Å². The molecule has 1 aromatic heterocycles. The van der Waals surface area contributed by atoms with Crippen LogP contribution in [0.2, 0.25) is 5.02 Å². The number of nitrogens with zero attached hydrogens (tertiary/aromatic N) is 3. The summed E-state index contributed by atoms with van der Waals surface area (Å²) in [6.07, 6.45) is 1.13. The normalized spacial score (nSPS) is 15.7. The van der Waals surface area contributed by atoms with Gasteiger partial charge in [-0.05, 0) is 38.9 Å². The second-order valence-electron chi connectivity index (χ2n) is 5.68. The Labute approximate surface area is 136 Å². The zero-order valence-electron chi connectivity index (χ0n) is 13.1. The summed E-state index contributed by atoms with van der Waals surface area (Å²) in [6.45, 7) is 8.22. The maximum Gasteiger partial charge on any atom is 0.161 e. The van der Waals surface area contributed by atoms with E-state index in [0.29, 0.717) is 5.02 Å². The van der Waals surface area contributed by atoms with Crippen LogP contribution in [0.5, 0.6) is 0 Å². The topological polar surface area (TPSA) is 41.1 Å². The van der Waals surface area contributed by atoms with E-state index in [-0.39, 0.29) is 0 Å². The minimum atomic E-state index is 0.708. The van der Waals surface area contributed by atoms with E-state index in [1.165, 1.54) is 0 Å². The molecule has 0 unspecified atom stereocenters. The van der Waals surface area contributed by atoms with Gasteiger partial charge in [0.15, 0.2) is 5.82 Å². The third kappa shape index (κ3) is 3.23. The third-order valence-corrected chi connectivity index (χ3v) is 4.32. The Morgan fingerprint density at radius 1 is 1.14 bits per heavy atom. The molecule has 0 bridgehead atoms. The van der Waals surface area contributed by atoms with Crippen molar-refractivity contribution in [2.45, 2.75) is 20.3 Å². The van der Waals surface area contributed by atoms with Gasteiger partial charge >= 0.3 is 0 Å². The molecule has 2 heterocycles. The molecule has 0 spiro atoms. The Hall–Kier alpha value is -1.65. The summed E-state index contributed by atoms with van der Waals surface area (Å²) in [5, 5.41) is 4.14. The molecular formula is C17H21ClN4. The van der Waals surface area contributed by atoms with Gasteiger partial charge < -0.3 is 10.2 Å². The Kier molecular flexibility index (Phi) is 4.60. The first-order valence-corrected chi connectivity index (χ1v) is 8.10. The molecule has 0 atom stereocenters. The monoisotopic (exact) mass is 316 g/mol. The molecule has 1 N–H and O–H groups in total. The van der Waals surface area contributed by atoms with Crippen LogP contribution in [0.1, 0.15) is 17.7 Å². The van der Waals surface area contributed by atoms with E-state index in [2.05, 4.69) is 22.1 Å². The van der Waals surface area contributed by atoms with Gasteiger partial charge in [0, 0.05) is 41.5 Å². The van der Waals surface area contributed by atoms with Crippen molar-refractivity contribution in [3.63, 3.8) is 0 Å². The molecule has 1 saturated heterocycles. The maximum atomic E-state index is 6.10. The van der Waals surface area contributed by atoms with Crippen LogP contribution in [-0.4, -0.2) is 36.1 Å². The second-order valence-corrected chi connectivity index (χ2v) is 6.12. The van der Waals surface area contributed by atoms with Crippen LogP contribution in [-0.2, 0) is 0 Å². The van der Waals surface area contributed by atoms with Crippen molar-refractivity contribution in [1.29, 1.82) is 0 Å². The van der Waals surface area contributed by atoms with E-state index in [0.717, 1.165) is 61.1 Å². The summed E-state index contributed by atoms with van der Waals surface area (Å²) in [6, 6.07) is 7.72. The average molecular weight is 317 g/mol. The van der Waals surface area contributed by atoms with E-state index in [9.17, 15) is 0 Å². The van der Waals surface area contributed by atoms with Gasteiger partial charge in [0.05, 0.1) is 0 Å². The van der Waals surface area contributed by atoms with Crippen LogP contribution >= 0.6 is 11.6 Å². The summed E-state index contributed by atoms with van der Waals surface area (Å²) in [5.74, 6) is 1.80. The fraction of sp³-hybridized carbons (Fsp3) is 0.412. The third-order valence-electron chi connectivity index (χ3n) is 4.09. The number of hydrogen-bond donors (Lipinski definition) is 1. The fourth-order valence-corrected chi connectivity index (χ4v) is 2.93.